The van der Waals surface area contributed by atoms with Gasteiger partial charge in [-0.05, 0) is 66.0 Å². The second-order valence-corrected chi connectivity index (χ2v) is 18.0. The summed E-state index contributed by atoms with van der Waals surface area (Å²) in [4.78, 5) is 72.3. The molecule has 4 atom stereocenters. The minimum Gasteiger partial charge on any atom is -0.453 e. The number of alkyl carbamates (subject to hydrolysis) is 2. The molecule has 2 aliphatic heterocycles. The fraction of sp³-hybridized carbons (Fsp3) is 0.319. The number of rotatable bonds is 11. The number of benzene rings is 3. The quantitative estimate of drug-likeness (QED) is 0.0994. The number of ether oxygens (including phenoxy) is 2. The van der Waals surface area contributed by atoms with E-state index >= 15 is 0 Å². The number of methoxy groups -OCH3 is 2. The van der Waals surface area contributed by atoms with Crippen LogP contribution in [0.4, 0.5) is 9.59 Å². The smallest absolute Gasteiger partial charge is 0.407 e. The molecule has 2 unspecified atom stereocenters. The van der Waals surface area contributed by atoms with Crippen molar-refractivity contribution in [2.24, 2.45) is 5.92 Å². The number of H-pyrrole nitrogens is 2. The zero-order valence-electron chi connectivity index (χ0n) is 35.3. The van der Waals surface area contributed by atoms with E-state index in [1.807, 2.05) is 60.2 Å². The van der Waals surface area contributed by atoms with Gasteiger partial charge in [0.05, 0.1) is 58.6 Å². The Kier molecular flexibility index (Phi) is 11.7. The van der Waals surface area contributed by atoms with E-state index in [1.165, 1.54) is 29.2 Å². The Labute approximate surface area is 372 Å². The molecule has 2 saturated heterocycles. The maximum atomic E-state index is 14.0. The first kappa shape index (κ1) is 41.8. The van der Waals surface area contributed by atoms with Gasteiger partial charge in [0.25, 0.3) is 5.91 Å². The predicted octanol–water partition coefficient (Wildman–Crippen LogP) is 9.37. The second kappa shape index (κ2) is 17.7. The summed E-state index contributed by atoms with van der Waals surface area (Å²) < 4.78 is 12.1. The molecule has 4 aromatic heterocycles. The van der Waals surface area contributed by atoms with Gasteiger partial charge in [-0.1, -0.05) is 74.5 Å². The van der Waals surface area contributed by atoms with E-state index < -0.39 is 24.3 Å². The number of amides is 4. The summed E-state index contributed by atoms with van der Waals surface area (Å²) in [5, 5.41) is 9.87. The number of carbonyl (C=O) groups is 4. The SMILES string of the molecule is COC(=O)N[C@H](C(=O)N1CCCC1c1ncc(-c2ccc(-c3csc4c(-c5ccc6[nH]c(C7CCCN7C(=O)[C@H](NC(=O)OC)c7ccccc7)nc6c5)csc34)cc2)[nH]1)C(C)C. The number of hydrogen-bond donors (Lipinski definition) is 4. The molecule has 14 nitrogen and oxygen atoms in total. The highest BCUT2D eigenvalue weighted by atomic mass is 32.1. The van der Waals surface area contributed by atoms with Gasteiger partial charge in [-0.25, -0.2) is 19.6 Å². The van der Waals surface area contributed by atoms with Gasteiger partial charge in [-0.3, -0.25) is 9.59 Å². The summed E-state index contributed by atoms with van der Waals surface area (Å²) >= 11 is 3.45. The lowest BCUT2D eigenvalue weighted by atomic mass is 10.0. The molecule has 3 aromatic carbocycles. The van der Waals surface area contributed by atoms with Crippen molar-refractivity contribution in [1.82, 2.24) is 40.4 Å². The number of thiophene rings is 2. The van der Waals surface area contributed by atoms with Gasteiger partial charge in [0, 0.05) is 35.0 Å². The van der Waals surface area contributed by atoms with Crippen LogP contribution in [0.5, 0.6) is 0 Å². The highest BCUT2D eigenvalue weighted by Crippen LogP contribution is 2.45. The number of aromatic amines is 2. The first-order valence-electron chi connectivity index (χ1n) is 21.1. The van der Waals surface area contributed by atoms with E-state index in [0.29, 0.717) is 18.7 Å². The van der Waals surface area contributed by atoms with Gasteiger partial charge < -0.3 is 39.9 Å². The average Bonchev–Trinajstić information content (AvgIpc) is 4.17. The average molecular weight is 885 g/mol. The molecule has 4 N–H and O–H groups in total. The Morgan fingerprint density at radius 1 is 0.730 bits per heavy atom. The number of aromatic nitrogens is 4. The number of nitrogens with one attached hydrogen (secondary N) is 4. The second-order valence-electron chi connectivity index (χ2n) is 16.3. The van der Waals surface area contributed by atoms with Crippen molar-refractivity contribution in [3.63, 3.8) is 0 Å². The van der Waals surface area contributed by atoms with Gasteiger partial charge in [0.1, 0.15) is 23.7 Å². The predicted molar refractivity (Wildman–Crippen MR) is 244 cm³/mol. The number of imidazole rings is 2. The molecule has 2 fully saturated rings. The standard InChI is InChI=1S/C47H48N8O6S2/c1-26(2)38(52-46(58)60-3)44(56)54-20-8-12-36(54)42-48-23-35(51-42)28-16-14-27(15-17-28)31-24-62-41-32(25-63-40(31)41)30-18-19-33-34(22-30)50-43(49-33)37-13-9-21-55(37)45(57)39(53-47(59)61-4)29-10-6-5-7-11-29/h5-7,10-11,14-19,22-26,36-39H,8-9,12-13,20-21H2,1-4H3,(H,48,51)(H,49,50)(H,52,58)(H,53,59)/t36?,37?,38-,39+/m0/s1. The van der Waals surface area contributed by atoms with Gasteiger partial charge in [0.15, 0.2) is 0 Å². The van der Waals surface area contributed by atoms with Crippen molar-refractivity contribution < 1.29 is 28.7 Å². The van der Waals surface area contributed by atoms with Crippen LogP contribution in [-0.2, 0) is 19.1 Å². The number of nitrogens with zero attached hydrogens (tertiary/aromatic N) is 4. The minimum atomic E-state index is -0.883. The molecular formula is C47H48N8O6S2. The highest BCUT2D eigenvalue weighted by molar-refractivity contribution is 7.27. The number of hydrogen-bond acceptors (Lipinski definition) is 10. The van der Waals surface area contributed by atoms with Crippen LogP contribution in [0.1, 0.15) is 74.9 Å². The van der Waals surface area contributed by atoms with Crippen LogP contribution >= 0.6 is 22.7 Å². The summed E-state index contributed by atoms with van der Waals surface area (Å²) in [6.07, 6.45) is 3.74. The molecule has 2 aliphatic rings. The molecule has 4 amide bonds. The first-order chi connectivity index (χ1) is 30.6. The van der Waals surface area contributed by atoms with E-state index in [-0.39, 0.29) is 29.8 Å². The van der Waals surface area contributed by atoms with Crippen LogP contribution < -0.4 is 10.6 Å². The van der Waals surface area contributed by atoms with Crippen LogP contribution in [0.3, 0.4) is 0 Å². The molecule has 9 rings (SSSR count). The van der Waals surface area contributed by atoms with Crippen molar-refractivity contribution >= 4 is 67.1 Å². The van der Waals surface area contributed by atoms with Crippen molar-refractivity contribution in [2.45, 2.75) is 63.7 Å². The van der Waals surface area contributed by atoms with Crippen LogP contribution in [-0.4, -0.2) is 87.1 Å². The van der Waals surface area contributed by atoms with Crippen molar-refractivity contribution in [3.8, 4) is 33.5 Å². The molecule has 0 radical (unpaired) electrons. The summed E-state index contributed by atoms with van der Waals surface area (Å²) in [6, 6.07) is 21.9. The molecule has 0 aliphatic carbocycles. The summed E-state index contributed by atoms with van der Waals surface area (Å²) in [5.41, 5.74) is 8.77. The maximum Gasteiger partial charge on any atom is 0.407 e. The largest absolute Gasteiger partial charge is 0.453 e. The van der Waals surface area contributed by atoms with E-state index in [2.05, 4.69) is 73.8 Å². The molecule has 0 saturated carbocycles. The van der Waals surface area contributed by atoms with Gasteiger partial charge in [-0.15, -0.1) is 22.7 Å². The normalized spacial score (nSPS) is 17.3. The lowest BCUT2D eigenvalue weighted by Gasteiger charge is -2.30. The third-order valence-corrected chi connectivity index (χ3v) is 14.3. The molecule has 7 aromatic rings. The lowest BCUT2D eigenvalue weighted by Crippen LogP contribution is -2.51. The monoisotopic (exact) mass is 884 g/mol. The molecular weight excluding hydrogens is 837 g/mol. The Morgan fingerprint density at radius 3 is 2.00 bits per heavy atom. The fourth-order valence-corrected chi connectivity index (χ4v) is 11.3. The van der Waals surface area contributed by atoms with Crippen molar-refractivity contribution in [1.29, 1.82) is 0 Å². The number of likely N-dealkylation sites (tertiary alicyclic amines) is 2. The molecule has 16 heteroatoms. The third-order valence-electron chi connectivity index (χ3n) is 12.1. The first-order valence-corrected chi connectivity index (χ1v) is 22.9. The van der Waals surface area contributed by atoms with E-state index in [9.17, 15) is 19.2 Å². The van der Waals surface area contributed by atoms with Crippen LogP contribution in [0.2, 0.25) is 0 Å². The van der Waals surface area contributed by atoms with Crippen LogP contribution in [0.15, 0.2) is 89.8 Å². The van der Waals surface area contributed by atoms with Crippen LogP contribution in [0, 0.1) is 5.92 Å². The number of carbonyl (C=O) groups excluding carboxylic acids is 4. The maximum absolute atomic E-state index is 14.0. The number of fused-ring (bicyclic) bond motifs is 2. The van der Waals surface area contributed by atoms with Gasteiger partial charge in [-0.2, -0.15) is 0 Å². The molecule has 0 spiro atoms. The Balaban J connectivity index is 0.908. The fourth-order valence-electron chi connectivity index (χ4n) is 8.84. The molecule has 324 valence electrons. The molecule has 63 heavy (non-hydrogen) atoms. The summed E-state index contributed by atoms with van der Waals surface area (Å²) in [5.74, 6) is 1.00. The summed E-state index contributed by atoms with van der Waals surface area (Å²) in [7, 11) is 2.58. The Morgan fingerprint density at radius 2 is 1.33 bits per heavy atom. The van der Waals surface area contributed by atoms with E-state index in [1.54, 1.807) is 22.7 Å². The van der Waals surface area contributed by atoms with E-state index in [0.717, 1.165) is 76.3 Å². The third kappa shape index (κ3) is 8.16. The lowest BCUT2D eigenvalue weighted by molar-refractivity contribution is -0.135. The Hall–Kier alpha value is -6.52. The van der Waals surface area contributed by atoms with Gasteiger partial charge >= 0.3 is 12.2 Å². The van der Waals surface area contributed by atoms with E-state index in [4.69, 9.17) is 19.4 Å². The summed E-state index contributed by atoms with van der Waals surface area (Å²) in [6.45, 7) is 4.96. The molecule has 6 heterocycles. The topological polar surface area (TPSA) is 175 Å². The zero-order chi connectivity index (χ0) is 43.8. The highest BCUT2D eigenvalue weighted by Gasteiger charge is 2.39. The zero-order valence-corrected chi connectivity index (χ0v) is 37.0. The Bertz CT molecular complexity index is 2790. The minimum absolute atomic E-state index is 0.108. The van der Waals surface area contributed by atoms with Crippen molar-refractivity contribution in [3.05, 3.63) is 107 Å². The van der Waals surface area contributed by atoms with Gasteiger partial charge in [0.2, 0.25) is 5.91 Å². The molecule has 0 bridgehead atoms. The van der Waals surface area contributed by atoms with Crippen LogP contribution in [0.25, 0.3) is 53.9 Å². The van der Waals surface area contributed by atoms with Crippen molar-refractivity contribution in [2.75, 3.05) is 27.3 Å².